The summed E-state index contributed by atoms with van der Waals surface area (Å²) in [5.74, 6) is -1.12. The number of anilines is 1. The quantitative estimate of drug-likeness (QED) is 0.375. The monoisotopic (exact) mass is 520 g/mol. The van der Waals surface area contributed by atoms with Gasteiger partial charge >= 0.3 is 12.5 Å². The Hall–Kier alpha value is -2.95. The number of carbonyl (C=O) groups is 1. The predicted octanol–water partition coefficient (Wildman–Crippen LogP) is 7.03. The summed E-state index contributed by atoms with van der Waals surface area (Å²) >= 11 is 2.95. The maximum atomic E-state index is 13.4. The number of hydrogen-bond acceptors (Lipinski definition) is 2. The highest BCUT2D eigenvalue weighted by atomic mass is 79.9. The van der Waals surface area contributed by atoms with Crippen LogP contribution in [0.3, 0.4) is 0 Å². The van der Waals surface area contributed by atoms with E-state index in [1.165, 1.54) is 47.9 Å². The molecule has 0 radical (unpaired) electrons. The van der Waals surface area contributed by atoms with Crippen molar-refractivity contribution in [1.29, 1.82) is 0 Å². The molecule has 4 nitrogen and oxygen atoms in total. The fraction of sp³-hybridized carbons (Fsp3) is 0.190. The summed E-state index contributed by atoms with van der Waals surface area (Å²) in [6.07, 6.45) is -9.47. The Balaban J connectivity index is 1.92. The van der Waals surface area contributed by atoms with Gasteiger partial charge < -0.3 is 14.6 Å². The molecule has 1 amide bonds. The Bertz CT molecular complexity index is 1170. The third-order valence-electron chi connectivity index (χ3n) is 4.54. The number of alkyl halides is 6. The van der Waals surface area contributed by atoms with Crippen LogP contribution in [0.1, 0.15) is 27.3 Å². The van der Waals surface area contributed by atoms with E-state index in [1.807, 2.05) is 0 Å². The average Bonchev–Trinajstić information content (AvgIpc) is 2.96. The molecule has 170 valence electrons. The van der Waals surface area contributed by atoms with Gasteiger partial charge in [-0.05, 0) is 66.2 Å². The number of aromatic nitrogens is 1. The van der Waals surface area contributed by atoms with Gasteiger partial charge in [0.05, 0.1) is 21.3 Å². The lowest BCUT2D eigenvalue weighted by Crippen LogP contribution is -2.17. The zero-order valence-corrected chi connectivity index (χ0v) is 18.1. The van der Waals surface area contributed by atoms with Gasteiger partial charge in [0.2, 0.25) is 0 Å². The molecule has 2 aromatic carbocycles. The smallest absolute Gasteiger partial charge is 0.405 e. The van der Waals surface area contributed by atoms with E-state index in [2.05, 4.69) is 26.0 Å². The molecule has 3 rings (SSSR count). The second-order valence-electron chi connectivity index (χ2n) is 6.78. The molecule has 0 atom stereocenters. The van der Waals surface area contributed by atoms with E-state index in [-0.39, 0.29) is 27.1 Å². The Morgan fingerprint density at radius 1 is 1.00 bits per heavy atom. The SMILES string of the molecule is Cc1cc(C(=O)Nc2ccc(OC(F)(F)F)c(Br)c2)c(C)n1-c1ccccc1C(F)(F)F. The van der Waals surface area contributed by atoms with Crippen LogP contribution in [0.4, 0.5) is 32.0 Å². The van der Waals surface area contributed by atoms with Crippen LogP contribution >= 0.6 is 15.9 Å². The lowest BCUT2D eigenvalue weighted by Gasteiger charge is -2.17. The standard InChI is InChI=1S/C21H15BrF6N2O2/c1-11-9-14(12(2)30(11)17-6-4-3-5-15(17)20(23,24)25)19(31)29-13-7-8-18(16(22)10-13)32-21(26,27)28/h3-10H,1-2H3,(H,29,31). The number of amides is 1. The lowest BCUT2D eigenvalue weighted by molar-refractivity contribution is -0.274. The summed E-state index contributed by atoms with van der Waals surface area (Å²) < 4.78 is 82.7. The largest absolute Gasteiger partial charge is 0.573 e. The number of aryl methyl sites for hydroxylation is 1. The predicted molar refractivity (Wildman–Crippen MR) is 109 cm³/mol. The minimum absolute atomic E-state index is 0.0443. The van der Waals surface area contributed by atoms with Crippen LogP contribution in [-0.4, -0.2) is 16.8 Å². The Labute approximate surface area is 186 Å². The van der Waals surface area contributed by atoms with Crippen molar-refractivity contribution in [2.45, 2.75) is 26.4 Å². The van der Waals surface area contributed by atoms with Crippen LogP contribution in [0.5, 0.6) is 5.75 Å². The van der Waals surface area contributed by atoms with E-state index >= 15 is 0 Å². The van der Waals surface area contributed by atoms with Crippen LogP contribution in [0.15, 0.2) is 53.0 Å². The molecule has 0 fully saturated rings. The van der Waals surface area contributed by atoms with Gasteiger partial charge in [-0.3, -0.25) is 4.79 Å². The molecule has 32 heavy (non-hydrogen) atoms. The summed E-state index contributed by atoms with van der Waals surface area (Å²) in [4.78, 5) is 12.8. The maximum absolute atomic E-state index is 13.4. The van der Waals surface area contributed by atoms with Gasteiger partial charge in [0.25, 0.3) is 5.91 Å². The first-order chi connectivity index (χ1) is 14.8. The molecule has 3 aromatic rings. The minimum Gasteiger partial charge on any atom is -0.405 e. The van der Waals surface area contributed by atoms with Crippen molar-refractivity contribution in [2.24, 2.45) is 0 Å². The first-order valence-electron chi connectivity index (χ1n) is 9.00. The van der Waals surface area contributed by atoms with Crippen molar-refractivity contribution in [3.63, 3.8) is 0 Å². The van der Waals surface area contributed by atoms with Crippen molar-refractivity contribution >= 4 is 27.5 Å². The van der Waals surface area contributed by atoms with E-state index < -0.39 is 29.8 Å². The molecule has 11 heteroatoms. The van der Waals surface area contributed by atoms with Crippen molar-refractivity contribution < 1.29 is 35.9 Å². The summed E-state index contributed by atoms with van der Waals surface area (Å²) in [7, 11) is 0. The van der Waals surface area contributed by atoms with Gasteiger partial charge in [0, 0.05) is 17.1 Å². The molecule has 1 aromatic heterocycles. The van der Waals surface area contributed by atoms with Crippen molar-refractivity contribution in [2.75, 3.05) is 5.32 Å². The first kappa shape index (κ1) is 23.7. The number of carbonyl (C=O) groups excluding carboxylic acids is 1. The van der Waals surface area contributed by atoms with Gasteiger partial charge in [-0.2, -0.15) is 13.2 Å². The summed E-state index contributed by atoms with van der Waals surface area (Å²) in [6.45, 7) is 3.07. The Kier molecular flexibility index (Phi) is 6.32. The van der Waals surface area contributed by atoms with Gasteiger partial charge in [0.15, 0.2) is 0 Å². The number of ether oxygens (including phenoxy) is 1. The van der Waals surface area contributed by atoms with Gasteiger partial charge in [-0.25, -0.2) is 0 Å². The molecule has 0 aliphatic rings. The highest BCUT2D eigenvalue weighted by Crippen LogP contribution is 2.36. The molecule has 0 saturated heterocycles. The van der Waals surface area contributed by atoms with Crippen molar-refractivity contribution in [1.82, 2.24) is 4.57 Å². The van der Waals surface area contributed by atoms with E-state index in [0.29, 0.717) is 5.69 Å². The molecule has 0 unspecified atom stereocenters. The zero-order chi connectivity index (χ0) is 23.8. The summed E-state index contributed by atoms with van der Waals surface area (Å²) in [5.41, 5.74) is -0.0150. The summed E-state index contributed by atoms with van der Waals surface area (Å²) in [6, 6.07) is 9.89. The van der Waals surface area contributed by atoms with Crippen molar-refractivity contribution in [3.8, 4) is 11.4 Å². The lowest BCUT2D eigenvalue weighted by atomic mass is 10.1. The molecule has 1 N–H and O–H groups in total. The van der Waals surface area contributed by atoms with Crippen molar-refractivity contribution in [3.05, 3.63) is 75.5 Å². The third kappa shape index (κ3) is 5.09. The molecular weight excluding hydrogens is 506 g/mol. The van der Waals surface area contributed by atoms with Crippen LogP contribution in [0.2, 0.25) is 0 Å². The van der Waals surface area contributed by atoms with E-state index in [0.717, 1.165) is 12.1 Å². The topological polar surface area (TPSA) is 43.3 Å². The number of rotatable bonds is 4. The fourth-order valence-corrected chi connectivity index (χ4v) is 3.72. The molecule has 0 bridgehead atoms. The molecule has 0 spiro atoms. The number of nitrogens with one attached hydrogen (secondary N) is 1. The number of hydrogen-bond donors (Lipinski definition) is 1. The third-order valence-corrected chi connectivity index (χ3v) is 5.16. The highest BCUT2D eigenvalue weighted by Gasteiger charge is 2.35. The number of nitrogens with zero attached hydrogens (tertiary/aromatic N) is 1. The van der Waals surface area contributed by atoms with Gasteiger partial charge in [0.1, 0.15) is 5.75 Å². The summed E-state index contributed by atoms with van der Waals surface area (Å²) in [5, 5.41) is 2.53. The number of para-hydroxylation sites is 1. The maximum Gasteiger partial charge on any atom is 0.573 e. The van der Waals surface area contributed by atoms with E-state index in [9.17, 15) is 31.1 Å². The van der Waals surface area contributed by atoms with Crippen LogP contribution in [0, 0.1) is 13.8 Å². The van der Waals surface area contributed by atoms with Gasteiger partial charge in [-0.15, -0.1) is 13.2 Å². The molecule has 0 aliphatic heterocycles. The number of halogens is 7. The first-order valence-corrected chi connectivity index (χ1v) is 9.79. The number of benzene rings is 2. The van der Waals surface area contributed by atoms with E-state index in [1.54, 1.807) is 6.92 Å². The van der Waals surface area contributed by atoms with E-state index in [4.69, 9.17) is 0 Å². The Morgan fingerprint density at radius 2 is 1.66 bits per heavy atom. The molecule has 0 aliphatic carbocycles. The normalized spacial score (nSPS) is 12.0. The van der Waals surface area contributed by atoms with Crippen LogP contribution in [0.25, 0.3) is 5.69 Å². The minimum atomic E-state index is -4.88. The molecular formula is C21H15BrF6N2O2. The second-order valence-corrected chi connectivity index (χ2v) is 7.64. The van der Waals surface area contributed by atoms with Crippen LogP contribution in [-0.2, 0) is 6.18 Å². The zero-order valence-electron chi connectivity index (χ0n) is 16.5. The highest BCUT2D eigenvalue weighted by molar-refractivity contribution is 9.10. The molecule has 1 heterocycles. The fourth-order valence-electron chi connectivity index (χ4n) is 3.26. The second kappa shape index (κ2) is 8.53. The molecule has 0 saturated carbocycles. The Morgan fingerprint density at radius 3 is 2.25 bits per heavy atom. The van der Waals surface area contributed by atoms with Gasteiger partial charge in [-0.1, -0.05) is 12.1 Å². The average molecular weight is 521 g/mol. The van der Waals surface area contributed by atoms with Crippen LogP contribution < -0.4 is 10.1 Å².